The minimum Gasteiger partial charge on any atom is -0.508 e. The number of ether oxygens (including phenoxy) is 2. The molecule has 4 aromatic carbocycles. The number of phenols is 6. The van der Waals surface area contributed by atoms with E-state index in [1.54, 1.807) is 12.1 Å². The third kappa shape index (κ3) is 3.89. The van der Waals surface area contributed by atoms with E-state index in [2.05, 4.69) is 0 Å². The van der Waals surface area contributed by atoms with Crippen molar-refractivity contribution in [3.8, 4) is 46.0 Å². The summed E-state index contributed by atoms with van der Waals surface area (Å²) in [5, 5.41) is 62.0. The maximum Gasteiger partial charge on any atom is 0.182 e. The summed E-state index contributed by atoms with van der Waals surface area (Å²) in [6.45, 7) is 0. The summed E-state index contributed by atoms with van der Waals surface area (Å²) in [7, 11) is 0. The van der Waals surface area contributed by atoms with Crippen LogP contribution in [0.3, 0.4) is 0 Å². The van der Waals surface area contributed by atoms with Crippen LogP contribution in [0.2, 0.25) is 0 Å². The molecule has 0 saturated heterocycles. The van der Waals surface area contributed by atoms with Crippen molar-refractivity contribution in [3.05, 3.63) is 94.5 Å². The Balaban J connectivity index is 1.58. The van der Waals surface area contributed by atoms with Gasteiger partial charge in [-0.25, -0.2) is 0 Å². The van der Waals surface area contributed by atoms with E-state index in [4.69, 9.17) is 9.47 Å². The second-order valence-electron chi connectivity index (χ2n) is 9.64. The Bertz CT molecular complexity index is 1670. The standard InChI is InChI=1S/C30H22O10/c31-15-5-1-13(2-6-15)22-12-20(36)23-18(34)11-19(35)24(30(23)40-22)26-28(38)25-21(10-9-17(33)27(25)37)39-29(26)14-3-7-16(32)8-4-14/h1-11,22,26,29,31-35,37H,12H2/t22-,26-,29-/m0/s1. The van der Waals surface area contributed by atoms with Crippen LogP contribution in [0, 0.1) is 0 Å². The van der Waals surface area contributed by atoms with E-state index in [1.807, 2.05) is 0 Å². The first kappa shape index (κ1) is 24.9. The number of Topliss-reactive ketones (excluding diaryl/α,β-unsaturated/α-hetero) is 2. The highest BCUT2D eigenvalue weighted by Gasteiger charge is 2.46. The molecule has 2 heterocycles. The van der Waals surface area contributed by atoms with Crippen LogP contribution in [-0.4, -0.2) is 42.2 Å². The minimum absolute atomic E-state index is 0.00526. The van der Waals surface area contributed by atoms with E-state index >= 15 is 0 Å². The van der Waals surface area contributed by atoms with Gasteiger partial charge in [-0.1, -0.05) is 24.3 Å². The summed E-state index contributed by atoms with van der Waals surface area (Å²) in [5.74, 6) is -5.38. The van der Waals surface area contributed by atoms with Crippen molar-refractivity contribution in [1.82, 2.24) is 0 Å². The van der Waals surface area contributed by atoms with Gasteiger partial charge in [0.15, 0.2) is 23.1 Å². The lowest BCUT2D eigenvalue weighted by Gasteiger charge is -2.36. The molecule has 0 bridgehead atoms. The fourth-order valence-electron chi connectivity index (χ4n) is 5.27. The predicted molar refractivity (Wildman–Crippen MR) is 139 cm³/mol. The van der Waals surface area contributed by atoms with Crippen LogP contribution >= 0.6 is 0 Å². The maximum absolute atomic E-state index is 14.1. The number of aromatic hydroxyl groups is 6. The van der Waals surface area contributed by atoms with E-state index in [-0.39, 0.29) is 46.1 Å². The number of hydrogen-bond acceptors (Lipinski definition) is 10. The normalized spacial score (nSPS) is 19.8. The summed E-state index contributed by atoms with van der Waals surface area (Å²) in [6, 6.07) is 15.2. The van der Waals surface area contributed by atoms with Crippen molar-refractivity contribution in [1.29, 1.82) is 0 Å². The molecule has 6 rings (SSSR count). The lowest BCUT2D eigenvalue weighted by Crippen LogP contribution is -2.32. The molecule has 3 atom stereocenters. The molecule has 0 aliphatic carbocycles. The summed E-state index contributed by atoms with van der Waals surface area (Å²) in [5.41, 5.74) is 0.207. The highest BCUT2D eigenvalue weighted by molar-refractivity contribution is 6.09. The molecule has 2 aliphatic heterocycles. The molecule has 40 heavy (non-hydrogen) atoms. The Hall–Kier alpha value is -5.38. The number of rotatable bonds is 3. The number of hydrogen-bond donors (Lipinski definition) is 6. The highest BCUT2D eigenvalue weighted by Crippen LogP contribution is 2.55. The van der Waals surface area contributed by atoms with Gasteiger partial charge in [0.1, 0.15) is 57.8 Å². The molecule has 10 nitrogen and oxygen atoms in total. The zero-order chi connectivity index (χ0) is 28.3. The molecular formula is C30H22O10. The topological polar surface area (TPSA) is 174 Å². The largest absolute Gasteiger partial charge is 0.508 e. The number of phenolic OH excluding ortho intramolecular Hbond substituents is 6. The van der Waals surface area contributed by atoms with Crippen molar-refractivity contribution in [2.24, 2.45) is 0 Å². The van der Waals surface area contributed by atoms with Crippen molar-refractivity contribution >= 4 is 11.6 Å². The van der Waals surface area contributed by atoms with Gasteiger partial charge in [0.25, 0.3) is 0 Å². The third-order valence-corrected chi connectivity index (χ3v) is 7.19. The number of fused-ring (bicyclic) bond motifs is 2. The summed E-state index contributed by atoms with van der Waals surface area (Å²) in [6.07, 6.45) is -2.18. The fraction of sp³-hybridized carbons (Fsp3) is 0.133. The third-order valence-electron chi connectivity index (χ3n) is 7.19. The Morgan fingerprint density at radius 3 is 1.93 bits per heavy atom. The fourth-order valence-corrected chi connectivity index (χ4v) is 5.27. The molecule has 6 N–H and O–H groups in total. The molecular weight excluding hydrogens is 520 g/mol. The molecule has 2 aliphatic rings. The Morgan fingerprint density at radius 1 is 0.650 bits per heavy atom. The first-order chi connectivity index (χ1) is 19.1. The van der Waals surface area contributed by atoms with Crippen molar-refractivity contribution in [2.75, 3.05) is 0 Å². The van der Waals surface area contributed by atoms with Gasteiger partial charge >= 0.3 is 0 Å². The first-order valence-corrected chi connectivity index (χ1v) is 12.3. The van der Waals surface area contributed by atoms with Crippen LogP contribution in [0.4, 0.5) is 0 Å². The number of benzene rings is 4. The van der Waals surface area contributed by atoms with E-state index < -0.39 is 52.7 Å². The van der Waals surface area contributed by atoms with Crippen LogP contribution in [-0.2, 0) is 0 Å². The van der Waals surface area contributed by atoms with E-state index in [0.29, 0.717) is 11.1 Å². The van der Waals surface area contributed by atoms with E-state index in [9.17, 15) is 40.2 Å². The second kappa shape index (κ2) is 9.12. The minimum atomic E-state index is -1.43. The maximum atomic E-state index is 14.1. The average molecular weight is 542 g/mol. The summed E-state index contributed by atoms with van der Waals surface area (Å²) < 4.78 is 12.3. The number of carbonyl (C=O) groups excluding carboxylic acids is 2. The lowest BCUT2D eigenvalue weighted by atomic mass is 9.78. The van der Waals surface area contributed by atoms with Crippen molar-refractivity contribution < 1.29 is 49.7 Å². The number of ketones is 2. The molecule has 0 radical (unpaired) electrons. The zero-order valence-corrected chi connectivity index (χ0v) is 20.6. The first-order valence-electron chi connectivity index (χ1n) is 12.3. The Labute approximate surface area is 226 Å². The molecule has 0 fully saturated rings. The van der Waals surface area contributed by atoms with Gasteiger partial charge in [-0.05, 0) is 47.5 Å². The van der Waals surface area contributed by atoms with Crippen molar-refractivity contribution in [2.45, 2.75) is 24.5 Å². The highest BCUT2D eigenvalue weighted by atomic mass is 16.5. The molecule has 0 saturated carbocycles. The van der Waals surface area contributed by atoms with Gasteiger partial charge in [0, 0.05) is 6.07 Å². The smallest absolute Gasteiger partial charge is 0.182 e. The van der Waals surface area contributed by atoms with Crippen LogP contribution in [0.5, 0.6) is 46.0 Å². The van der Waals surface area contributed by atoms with Crippen LogP contribution in [0.1, 0.15) is 62.0 Å². The molecule has 10 heteroatoms. The van der Waals surface area contributed by atoms with Gasteiger partial charge < -0.3 is 40.1 Å². The zero-order valence-electron chi connectivity index (χ0n) is 20.6. The van der Waals surface area contributed by atoms with Crippen LogP contribution in [0.15, 0.2) is 66.7 Å². The van der Waals surface area contributed by atoms with Gasteiger partial charge in [-0.2, -0.15) is 0 Å². The van der Waals surface area contributed by atoms with E-state index in [0.717, 1.165) is 6.07 Å². The lowest BCUT2D eigenvalue weighted by molar-refractivity contribution is 0.0738. The summed E-state index contributed by atoms with van der Waals surface area (Å²) in [4.78, 5) is 27.4. The van der Waals surface area contributed by atoms with Gasteiger partial charge in [0.2, 0.25) is 0 Å². The van der Waals surface area contributed by atoms with Gasteiger partial charge in [0.05, 0.1) is 17.9 Å². The molecule has 0 unspecified atom stereocenters. The molecule has 202 valence electrons. The Kier molecular flexibility index (Phi) is 5.69. The molecule has 0 spiro atoms. The predicted octanol–water partition coefficient (Wildman–Crippen LogP) is 4.73. The number of carbonyl (C=O) groups is 2. The van der Waals surface area contributed by atoms with Crippen LogP contribution in [0.25, 0.3) is 0 Å². The van der Waals surface area contributed by atoms with Crippen molar-refractivity contribution in [3.63, 3.8) is 0 Å². The second-order valence-corrected chi connectivity index (χ2v) is 9.64. The van der Waals surface area contributed by atoms with Gasteiger partial charge in [-0.15, -0.1) is 0 Å². The quantitative estimate of drug-likeness (QED) is 0.199. The summed E-state index contributed by atoms with van der Waals surface area (Å²) >= 11 is 0. The molecule has 0 amide bonds. The van der Waals surface area contributed by atoms with E-state index in [1.165, 1.54) is 48.5 Å². The molecule has 0 aromatic heterocycles. The Morgan fingerprint density at radius 2 is 1.27 bits per heavy atom. The van der Waals surface area contributed by atoms with Crippen LogP contribution < -0.4 is 9.47 Å². The van der Waals surface area contributed by atoms with Gasteiger partial charge in [-0.3, -0.25) is 9.59 Å². The average Bonchev–Trinajstić information content (AvgIpc) is 2.92. The molecule has 4 aromatic rings. The SMILES string of the molecule is O=C1C[C@@H](c2ccc(O)cc2)Oc2c1c(O)cc(O)c2[C@H]1C(=O)c2c(ccc(O)c2O)O[C@H]1c1ccc(O)cc1. The monoisotopic (exact) mass is 542 g/mol.